The number of carbonyl (C=O) groups is 1. The molecule has 0 radical (unpaired) electrons. The number of rotatable bonds is 6. The fourth-order valence-corrected chi connectivity index (χ4v) is 3.31. The van der Waals surface area contributed by atoms with Crippen molar-refractivity contribution in [3.63, 3.8) is 0 Å². The van der Waals surface area contributed by atoms with E-state index in [9.17, 15) is 14.7 Å². The van der Waals surface area contributed by atoms with E-state index in [0.717, 1.165) is 28.0 Å². The number of pyridine rings is 1. The lowest BCUT2D eigenvalue weighted by Gasteiger charge is -2.17. The number of nitrogens with zero attached hydrogens (tertiary/aromatic N) is 3. The Balaban J connectivity index is 1.94. The third-order valence-corrected chi connectivity index (χ3v) is 4.84. The van der Waals surface area contributed by atoms with Gasteiger partial charge in [-0.1, -0.05) is 6.07 Å². The summed E-state index contributed by atoms with van der Waals surface area (Å²) < 4.78 is 3.50. The van der Waals surface area contributed by atoms with E-state index in [1.54, 1.807) is 24.7 Å². The number of hydrogen-bond donors (Lipinski definition) is 3. The second-order valence-electron chi connectivity index (χ2n) is 7.08. The first kappa shape index (κ1) is 19.8. The molecule has 0 bridgehead atoms. The molecule has 8 nitrogen and oxygen atoms in total. The van der Waals surface area contributed by atoms with E-state index < -0.39 is 18.1 Å². The maximum absolute atomic E-state index is 11.9. The molecule has 2 aromatic heterocycles. The van der Waals surface area contributed by atoms with Gasteiger partial charge in [-0.3, -0.25) is 14.9 Å². The van der Waals surface area contributed by atoms with Gasteiger partial charge in [0.15, 0.2) is 0 Å². The molecule has 0 fully saturated rings. The SMILES string of the molecule is Cc1cc(-c2nc3cc(CN[C@H](C(=O)O)[C@@H](C)O)ccc3n2C)cn(C)c1=O. The molecule has 0 aliphatic heterocycles. The Morgan fingerprint density at radius 2 is 2.00 bits per heavy atom. The monoisotopic (exact) mass is 384 g/mol. The van der Waals surface area contributed by atoms with Gasteiger partial charge in [0, 0.05) is 38.0 Å². The molecule has 0 saturated heterocycles. The summed E-state index contributed by atoms with van der Waals surface area (Å²) in [7, 11) is 3.63. The van der Waals surface area contributed by atoms with E-state index in [4.69, 9.17) is 10.1 Å². The van der Waals surface area contributed by atoms with Crippen LogP contribution in [0.3, 0.4) is 0 Å². The molecule has 28 heavy (non-hydrogen) atoms. The third-order valence-electron chi connectivity index (χ3n) is 4.84. The molecule has 0 saturated carbocycles. The zero-order chi connectivity index (χ0) is 20.6. The van der Waals surface area contributed by atoms with Crippen molar-refractivity contribution in [1.29, 1.82) is 0 Å². The highest BCUT2D eigenvalue weighted by molar-refractivity contribution is 5.81. The second-order valence-corrected chi connectivity index (χ2v) is 7.08. The molecule has 2 heterocycles. The number of aliphatic hydroxyl groups excluding tert-OH is 1. The molecule has 1 aromatic carbocycles. The number of aryl methyl sites for hydroxylation is 3. The smallest absolute Gasteiger partial charge is 0.323 e. The summed E-state index contributed by atoms with van der Waals surface area (Å²) >= 11 is 0. The number of carboxylic acid groups (broad SMARTS) is 1. The third kappa shape index (κ3) is 3.69. The van der Waals surface area contributed by atoms with Gasteiger partial charge >= 0.3 is 5.97 Å². The highest BCUT2D eigenvalue weighted by atomic mass is 16.4. The summed E-state index contributed by atoms with van der Waals surface area (Å²) in [5.41, 5.74) is 4.01. The van der Waals surface area contributed by atoms with Gasteiger partial charge in [0.05, 0.1) is 17.1 Å². The van der Waals surface area contributed by atoms with Gasteiger partial charge in [0.1, 0.15) is 11.9 Å². The van der Waals surface area contributed by atoms with Gasteiger partial charge in [0.2, 0.25) is 0 Å². The predicted octanol–water partition coefficient (Wildman–Crippen LogP) is 1.17. The molecule has 3 N–H and O–H groups in total. The predicted molar refractivity (Wildman–Crippen MR) is 106 cm³/mol. The number of carboxylic acids is 1. The molecule has 3 aromatic rings. The zero-order valence-electron chi connectivity index (χ0n) is 16.3. The van der Waals surface area contributed by atoms with Crippen molar-refractivity contribution in [3.8, 4) is 11.4 Å². The summed E-state index contributed by atoms with van der Waals surface area (Å²) in [4.78, 5) is 27.8. The van der Waals surface area contributed by atoms with Crippen molar-refractivity contribution in [2.45, 2.75) is 32.5 Å². The van der Waals surface area contributed by atoms with E-state index in [2.05, 4.69) is 5.32 Å². The van der Waals surface area contributed by atoms with E-state index >= 15 is 0 Å². The van der Waals surface area contributed by atoms with E-state index in [0.29, 0.717) is 12.1 Å². The van der Waals surface area contributed by atoms with E-state index in [1.807, 2.05) is 35.9 Å². The lowest BCUT2D eigenvalue weighted by molar-refractivity contribution is -0.142. The number of aliphatic hydroxyl groups is 1. The highest BCUT2D eigenvalue weighted by Gasteiger charge is 2.22. The van der Waals surface area contributed by atoms with Crippen molar-refractivity contribution in [1.82, 2.24) is 19.4 Å². The minimum absolute atomic E-state index is 0.0398. The van der Waals surface area contributed by atoms with Gasteiger partial charge in [-0.05, 0) is 37.6 Å². The van der Waals surface area contributed by atoms with E-state index in [1.165, 1.54) is 6.92 Å². The quantitative estimate of drug-likeness (QED) is 0.589. The number of imidazole rings is 1. The molecule has 0 spiro atoms. The molecule has 148 valence electrons. The van der Waals surface area contributed by atoms with Crippen LogP contribution in [0.5, 0.6) is 0 Å². The number of hydrogen-bond acceptors (Lipinski definition) is 5. The molecule has 2 atom stereocenters. The van der Waals surface area contributed by atoms with Gasteiger partial charge < -0.3 is 19.3 Å². The van der Waals surface area contributed by atoms with Crippen molar-refractivity contribution in [3.05, 3.63) is 51.9 Å². The van der Waals surface area contributed by atoms with Crippen LogP contribution >= 0.6 is 0 Å². The molecule has 0 amide bonds. The van der Waals surface area contributed by atoms with Crippen LogP contribution in [0.4, 0.5) is 0 Å². The number of fused-ring (bicyclic) bond motifs is 1. The topological polar surface area (TPSA) is 109 Å². The maximum atomic E-state index is 11.9. The fourth-order valence-electron chi connectivity index (χ4n) is 3.31. The summed E-state index contributed by atoms with van der Waals surface area (Å²) in [6.45, 7) is 3.51. The normalized spacial score (nSPS) is 13.6. The Morgan fingerprint density at radius 1 is 1.29 bits per heavy atom. The second kappa shape index (κ2) is 7.57. The number of benzene rings is 1. The van der Waals surface area contributed by atoms with Crippen LogP contribution < -0.4 is 10.9 Å². The molecular weight excluding hydrogens is 360 g/mol. The number of aliphatic carboxylic acids is 1. The van der Waals surface area contributed by atoms with Gasteiger partial charge in [0.25, 0.3) is 5.56 Å². The highest BCUT2D eigenvalue weighted by Crippen LogP contribution is 2.24. The van der Waals surface area contributed by atoms with Crippen LogP contribution in [-0.4, -0.2) is 42.4 Å². The first-order chi connectivity index (χ1) is 13.2. The summed E-state index contributed by atoms with van der Waals surface area (Å²) in [6.07, 6.45) is 0.759. The first-order valence-electron chi connectivity index (χ1n) is 8.96. The van der Waals surface area contributed by atoms with Crippen LogP contribution in [0.2, 0.25) is 0 Å². The van der Waals surface area contributed by atoms with Crippen LogP contribution in [0.1, 0.15) is 18.1 Å². The Morgan fingerprint density at radius 3 is 2.61 bits per heavy atom. The average Bonchev–Trinajstić information content (AvgIpc) is 2.95. The summed E-state index contributed by atoms with van der Waals surface area (Å²) in [5, 5.41) is 21.6. The molecule has 3 rings (SSSR count). The Kier molecular flexibility index (Phi) is 5.35. The van der Waals surface area contributed by atoms with Crippen molar-refractivity contribution in [2.24, 2.45) is 14.1 Å². The van der Waals surface area contributed by atoms with Gasteiger partial charge in [-0.2, -0.15) is 0 Å². The fraction of sp³-hybridized carbons (Fsp3) is 0.350. The van der Waals surface area contributed by atoms with Crippen LogP contribution in [-0.2, 0) is 25.4 Å². The number of nitrogens with one attached hydrogen (secondary N) is 1. The van der Waals surface area contributed by atoms with Crippen molar-refractivity contribution in [2.75, 3.05) is 0 Å². The Labute approximate surface area is 162 Å². The largest absolute Gasteiger partial charge is 0.480 e. The van der Waals surface area contributed by atoms with E-state index in [-0.39, 0.29) is 5.56 Å². The summed E-state index contributed by atoms with van der Waals surface area (Å²) in [6, 6.07) is 6.50. The molecular formula is C20H24N4O4. The Hall–Kier alpha value is -2.97. The number of aromatic nitrogens is 3. The molecule has 0 unspecified atom stereocenters. The molecule has 0 aliphatic rings. The average molecular weight is 384 g/mol. The maximum Gasteiger partial charge on any atom is 0.323 e. The standard InChI is InChI=1S/C20H24N4O4/c1-11-7-14(10-23(3)19(11)26)18-22-15-8-13(5-6-16(15)24(18)4)9-21-17(12(2)25)20(27)28/h5-8,10,12,17,21,25H,9H2,1-4H3,(H,27,28)/t12-,17+/m1/s1. The summed E-state index contributed by atoms with van der Waals surface area (Å²) in [5.74, 6) is -0.354. The van der Waals surface area contributed by atoms with Crippen LogP contribution in [0, 0.1) is 6.92 Å². The lowest BCUT2D eigenvalue weighted by Crippen LogP contribution is -2.44. The lowest BCUT2D eigenvalue weighted by atomic mass is 10.1. The molecule has 8 heteroatoms. The Bertz CT molecular complexity index is 1070. The first-order valence-corrected chi connectivity index (χ1v) is 8.96. The zero-order valence-corrected chi connectivity index (χ0v) is 16.3. The van der Waals surface area contributed by atoms with Gasteiger partial charge in [-0.15, -0.1) is 0 Å². The van der Waals surface area contributed by atoms with Crippen molar-refractivity contribution < 1.29 is 15.0 Å². The minimum atomic E-state index is -1.10. The minimum Gasteiger partial charge on any atom is -0.480 e. The van der Waals surface area contributed by atoms with Crippen LogP contribution in [0.15, 0.2) is 35.3 Å². The van der Waals surface area contributed by atoms with Crippen LogP contribution in [0.25, 0.3) is 22.4 Å². The van der Waals surface area contributed by atoms with Gasteiger partial charge in [-0.25, -0.2) is 4.98 Å². The molecule has 0 aliphatic carbocycles. The van der Waals surface area contributed by atoms with Crippen molar-refractivity contribution >= 4 is 17.0 Å².